The molecule has 0 saturated heterocycles. The number of hydrogen-bond acceptors (Lipinski definition) is 5. The lowest BCUT2D eigenvalue weighted by atomic mass is 10.1. The van der Waals surface area contributed by atoms with E-state index >= 15 is 0 Å². The summed E-state index contributed by atoms with van der Waals surface area (Å²) in [6.45, 7) is 1.54. The molecule has 0 spiro atoms. The zero-order chi connectivity index (χ0) is 18.4. The third kappa shape index (κ3) is 4.33. The summed E-state index contributed by atoms with van der Waals surface area (Å²) in [7, 11) is 3.18. The summed E-state index contributed by atoms with van der Waals surface area (Å²) < 4.78 is 12.7. The normalized spacial score (nSPS) is 13.6. The van der Waals surface area contributed by atoms with Crippen LogP contribution < -0.4 is 14.8 Å². The minimum Gasteiger partial charge on any atom is -0.493 e. The molecule has 1 N–H and O–H groups in total. The van der Waals surface area contributed by atoms with Crippen molar-refractivity contribution in [2.75, 3.05) is 20.8 Å². The van der Waals surface area contributed by atoms with E-state index in [9.17, 15) is 4.79 Å². The Labute approximate surface area is 153 Å². The van der Waals surface area contributed by atoms with Crippen LogP contribution in [-0.2, 0) is 30.6 Å². The van der Waals surface area contributed by atoms with Crippen molar-refractivity contribution >= 4 is 5.91 Å². The topological polar surface area (TPSA) is 78.3 Å². The maximum absolute atomic E-state index is 12.2. The standard InChI is InChI=1S/C19H26N4O3/c1-25-15-8-7-14(12-16(15)26-2)13-19(24)20-10-9-18-22-21-17-6-4-3-5-11-23(17)18/h7-8,12H,3-6,9-11,13H2,1-2H3,(H,20,24). The fourth-order valence-corrected chi connectivity index (χ4v) is 3.28. The Kier molecular flexibility index (Phi) is 6.09. The van der Waals surface area contributed by atoms with E-state index in [1.165, 1.54) is 19.3 Å². The van der Waals surface area contributed by atoms with E-state index in [1.54, 1.807) is 14.2 Å². The largest absolute Gasteiger partial charge is 0.493 e. The summed E-state index contributed by atoms with van der Waals surface area (Å²) in [4.78, 5) is 12.2. The van der Waals surface area contributed by atoms with Gasteiger partial charge in [-0.3, -0.25) is 4.79 Å². The highest BCUT2D eigenvalue weighted by Crippen LogP contribution is 2.27. The molecule has 1 aromatic carbocycles. The van der Waals surface area contributed by atoms with Gasteiger partial charge in [0.15, 0.2) is 11.5 Å². The van der Waals surface area contributed by atoms with Gasteiger partial charge >= 0.3 is 0 Å². The third-order valence-electron chi connectivity index (χ3n) is 4.67. The second-order valence-electron chi connectivity index (χ2n) is 6.46. The van der Waals surface area contributed by atoms with Crippen LogP contribution in [0, 0.1) is 0 Å². The number of ether oxygens (including phenoxy) is 2. The van der Waals surface area contributed by atoms with Gasteiger partial charge in [0.2, 0.25) is 5.91 Å². The molecule has 1 aliphatic rings. The quantitative estimate of drug-likeness (QED) is 0.818. The number of carbonyl (C=O) groups is 1. The summed E-state index contributed by atoms with van der Waals surface area (Å²) in [6, 6.07) is 5.52. The molecule has 0 unspecified atom stereocenters. The Hall–Kier alpha value is -2.57. The number of fused-ring (bicyclic) bond motifs is 1. The number of aromatic nitrogens is 3. The van der Waals surface area contributed by atoms with Gasteiger partial charge in [0.05, 0.1) is 20.6 Å². The van der Waals surface area contributed by atoms with Crippen LogP contribution in [-0.4, -0.2) is 41.4 Å². The lowest BCUT2D eigenvalue weighted by Gasteiger charge is -2.10. The number of benzene rings is 1. The maximum Gasteiger partial charge on any atom is 0.224 e. The smallest absolute Gasteiger partial charge is 0.224 e. The highest BCUT2D eigenvalue weighted by atomic mass is 16.5. The Morgan fingerprint density at radius 3 is 2.81 bits per heavy atom. The van der Waals surface area contributed by atoms with Gasteiger partial charge in [0, 0.05) is 25.9 Å². The zero-order valence-corrected chi connectivity index (χ0v) is 15.5. The Morgan fingerprint density at radius 2 is 2.00 bits per heavy atom. The molecule has 7 nitrogen and oxygen atoms in total. The molecule has 0 aliphatic carbocycles. The molecule has 2 heterocycles. The van der Waals surface area contributed by atoms with Crippen LogP contribution in [0.4, 0.5) is 0 Å². The molecule has 0 fully saturated rings. The van der Waals surface area contributed by atoms with Crippen molar-refractivity contribution in [1.29, 1.82) is 0 Å². The molecule has 1 aliphatic heterocycles. The molecule has 7 heteroatoms. The molecular weight excluding hydrogens is 332 g/mol. The SMILES string of the molecule is COc1ccc(CC(=O)NCCc2nnc3n2CCCCC3)cc1OC. The summed E-state index contributed by atoms with van der Waals surface area (Å²) in [5.41, 5.74) is 0.886. The first-order valence-electron chi connectivity index (χ1n) is 9.10. The van der Waals surface area contributed by atoms with Crippen LogP contribution in [0.1, 0.15) is 36.5 Å². The number of aryl methyl sites for hydroxylation is 1. The number of nitrogens with one attached hydrogen (secondary N) is 1. The molecule has 3 rings (SSSR count). The summed E-state index contributed by atoms with van der Waals surface area (Å²) in [5.74, 6) is 3.31. The van der Waals surface area contributed by atoms with Crippen LogP contribution in [0.25, 0.3) is 0 Å². The lowest BCUT2D eigenvalue weighted by Crippen LogP contribution is -2.28. The Bertz CT molecular complexity index is 757. The molecule has 2 aromatic rings. The zero-order valence-electron chi connectivity index (χ0n) is 15.5. The summed E-state index contributed by atoms with van der Waals surface area (Å²) >= 11 is 0. The lowest BCUT2D eigenvalue weighted by molar-refractivity contribution is -0.120. The van der Waals surface area contributed by atoms with Crippen molar-refractivity contribution in [3.8, 4) is 11.5 Å². The minimum atomic E-state index is -0.0205. The Morgan fingerprint density at radius 1 is 1.15 bits per heavy atom. The van der Waals surface area contributed by atoms with E-state index in [2.05, 4.69) is 20.1 Å². The minimum absolute atomic E-state index is 0.0205. The van der Waals surface area contributed by atoms with Gasteiger partial charge in [0.1, 0.15) is 11.6 Å². The van der Waals surface area contributed by atoms with Crippen molar-refractivity contribution in [3.05, 3.63) is 35.4 Å². The van der Waals surface area contributed by atoms with Gasteiger partial charge in [0.25, 0.3) is 0 Å². The van der Waals surface area contributed by atoms with Gasteiger partial charge in [-0.2, -0.15) is 0 Å². The van der Waals surface area contributed by atoms with Crippen LogP contribution >= 0.6 is 0 Å². The average Bonchev–Trinajstić information content (AvgIpc) is 2.88. The third-order valence-corrected chi connectivity index (χ3v) is 4.67. The number of methoxy groups -OCH3 is 2. The van der Waals surface area contributed by atoms with E-state index < -0.39 is 0 Å². The molecule has 1 amide bonds. The van der Waals surface area contributed by atoms with Gasteiger partial charge in [-0.15, -0.1) is 10.2 Å². The maximum atomic E-state index is 12.2. The number of hydrogen-bond donors (Lipinski definition) is 1. The molecule has 0 radical (unpaired) electrons. The fourth-order valence-electron chi connectivity index (χ4n) is 3.28. The average molecular weight is 358 g/mol. The van der Waals surface area contributed by atoms with E-state index in [4.69, 9.17) is 9.47 Å². The Balaban J connectivity index is 1.51. The van der Waals surface area contributed by atoms with Gasteiger partial charge < -0.3 is 19.4 Å². The van der Waals surface area contributed by atoms with Crippen LogP contribution in [0.3, 0.4) is 0 Å². The summed E-state index contributed by atoms with van der Waals surface area (Å²) in [5, 5.41) is 11.6. The molecule has 26 heavy (non-hydrogen) atoms. The van der Waals surface area contributed by atoms with E-state index in [-0.39, 0.29) is 5.91 Å². The first-order valence-corrected chi connectivity index (χ1v) is 9.10. The predicted molar refractivity (Wildman–Crippen MR) is 97.5 cm³/mol. The second kappa shape index (κ2) is 8.69. The van der Waals surface area contributed by atoms with Crippen LogP contribution in [0.15, 0.2) is 18.2 Å². The van der Waals surface area contributed by atoms with Crippen molar-refractivity contribution in [2.45, 2.75) is 45.1 Å². The van der Waals surface area contributed by atoms with Gasteiger partial charge in [-0.25, -0.2) is 0 Å². The van der Waals surface area contributed by atoms with E-state index in [0.29, 0.717) is 30.9 Å². The first-order chi connectivity index (χ1) is 12.7. The van der Waals surface area contributed by atoms with E-state index in [0.717, 1.165) is 30.2 Å². The predicted octanol–water partition coefficient (Wildman–Crippen LogP) is 1.92. The number of carbonyl (C=O) groups excluding carboxylic acids is 1. The van der Waals surface area contributed by atoms with Crippen LogP contribution in [0.5, 0.6) is 11.5 Å². The summed E-state index contributed by atoms with van der Waals surface area (Å²) in [6.07, 6.45) is 5.59. The van der Waals surface area contributed by atoms with Crippen molar-refractivity contribution in [3.63, 3.8) is 0 Å². The van der Waals surface area contributed by atoms with Crippen molar-refractivity contribution in [1.82, 2.24) is 20.1 Å². The highest BCUT2D eigenvalue weighted by Gasteiger charge is 2.14. The molecule has 1 aromatic heterocycles. The number of amides is 1. The molecule has 0 bridgehead atoms. The molecule has 0 atom stereocenters. The number of nitrogens with zero attached hydrogens (tertiary/aromatic N) is 3. The second-order valence-corrected chi connectivity index (χ2v) is 6.46. The monoisotopic (exact) mass is 358 g/mol. The fraction of sp³-hybridized carbons (Fsp3) is 0.526. The van der Waals surface area contributed by atoms with Crippen molar-refractivity contribution < 1.29 is 14.3 Å². The molecule has 0 saturated carbocycles. The molecular formula is C19H26N4O3. The van der Waals surface area contributed by atoms with Crippen LogP contribution in [0.2, 0.25) is 0 Å². The molecule has 140 valence electrons. The number of rotatable bonds is 7. The van der Waals surface area contributed by atoms with Gasteiger partial charge in [-0.1, -0.05) is 12.5 Å². The van der Waals surface area contributed by atoms with Gasteiger partial charge in [-0.05, 0) is 30.5 Å². The highest BCUT2D eigenvalue weighted by molar-refractivity contribution is 5.78. The van der Waals surface area contributed by atoms with Crippen molar-refractivity contribution in [2.24, 2.45) is 0 Å². The van der Waals surface area contributed by atoms with E-state index in [1.807, 2.05) is 18.2 Å². The first kappa shape index (κ1) is 18.2.